The number of carbonyl (C=O) groups is 1. The van der Waals surface area contributed by atoms with E-state index in [0.717, 1.165) is 18.6 Å². The monoisotopic (exact) mass is 220 g/mol. The summed E-state index contributed by atoms with van der Waals surface area (Å²) in [6, 6.07) is 0. The second-order valence-electron chi connectivity index (χ2n) is 3.95. The van der Waals surface area contributed by atoms with Crippen LogP contribution < -0.4 is 10.5 Å². The van der Waals surface area contributed by atoms with Crippen LogP contribution in [0.4, 0.5) is 4.79 Å². The van der Waals surface area contributed by atoms with Crippen molar-refractivity contribution in [1.82, 2.24) is 4.72 Å². The molecule has 84 valence electrons. The number of rotatable bonds is 5. The lowest BCUT2D eigenvalue weighted by Gasteiger charge is -2.19. The van der Waals surface area contributed by atoms with Crippen LogP contribution in [0, 0.1) is 0 Å². The van der Waals surface area contributed by atoms with Crippen molar-refractivity contribution in [2.75, 3.05) is 12.3 Å². The molecule has 1 amide bonds. The molecule has 0 unspecified atom stereocenters. The predicted octanol–water partition coefficient (Wildman–Crippen LogP) is 1.90. The van der Waals surface area contributed by atoms with Gasteiger partial charge in [0.1, 0.15) is 5.60 Å². The molecule has 3 N–H and O–H groups in total. The first kappa shape index (κ1) is 13.6. The average Bonchev–Trinajstić information content (AvgIpc) is 2.00. The molecule has 4 nitrogen and oxygen atoms in total. The molecule has 0 heterocycles. The quantitative estimate of drug-likeness (QED) is 0.548. The van der Waals surface area contributed by atoms with Crippen LogP contribution >= 0.6 is 11.9 Å². The van der Waals surface area contributed by atoms with Crippen molar-refractivity contribution < 1.29 is 9.53 Å². The third kappa shape index (κ3) is 9.67. The maximum atomic E-state index is 11.1. The second kappa shape index (κ2) is 6.95. The first-order chi connectivity index (χ1) is 6.45. The summed E-state index contributed by atoms with van der Waals surface area (Å²) in [4.78, 5) is 11.1. The SMILES string of the molecule is CC(C)(C)OC(=O)NSCCCCN. The molecule has 0 aliphatic rings. The Hall–Kier alpha value is -0.420. The fourth-order valence-electron chi connectivity index (χ4n) is 0.727. The molecule has 0 aliphatic carbocycles. The molecule has 0 rings (SSSR count). The van der Waals surface area contributed by atoms with E-state index in [1.54, 1.807) is 0 Å². The summed E-state index contributed by atoms with van der Waals surface area (Å²) in [6.07, 6.45) is 1.62. The number of amides is 1. The third-order valence-corrected chi connectivity index (χ3v) is 2.06. The van der Waals surface area contributed by atoms with Gasteiger partial charge in [-0.3, -0.25) is 4.72 Å². The first-order valence-corrected chi connectivity index (χ1v) is 5.75. The minimum Gasteiger partial charge on any atom is -0.443 e. The molecule has 0 saturated carbocycles. The molecule has 0 aromatic heterocycles. The van der Waals surface area contributed by atoms with Gasteiger partial charge in [-0.05, 0) is 52.1 Å². The van der Waals surface area contributed by atoms with Crippen LogP contribution in [-0.2, 0) is 4.74 Å². The zero-order valence-electron chi connectivity index (χ0n) is 9.13. The highest BCUT2D eigenvalue weighted by atomic mass is 32.2. The summed E-state index contributed by atoms with van der Waals surface area (Å²) in [7, 11) is 0. The summed E-state index contributed by atoms with van der Waals surface area (Å²) in [5.41, 5.74) is 4.90. The van der Waals surface area contributed by atoms with Crippen molar-refractivity contribution in [3.63, 3.8) is 0 Å². The van der Waals surface area contributed by atoms with Crippen molar-refractivity contribution in [2.24, 2.45) is 5.73 Å². The molecule has 0 bridgehead atoms. The van der Waals surface area contributed by atoms with Crippen LogP contribution in [-0.4, -0.2) is 24.0 Å². The van der Waals surface area contributed by atoms with Crippen LogP contribution in [0.15, 0.2) is 0 Å². The van der Waals surface area contributed by atoms with Crippen LogP contribution in [0.3, 0.4) is 0 Å². The zero-order valence-corrected chi connectivity index (χ0v) is 9.95. The molecule has 0 atom stereocenters. The summed E-state index contributed by atoms with van der Waals surface area (Å²) in [5.74, 6) is 0.871. The van der Waals surface area contributed by atoms with Crippen molar-refractivity contribution >= 4 is 18.0 Å². The van der Waals surface area contributed by atoms with Gasteiger partial charge in [-0.1, -0.05) is 0 Å². The van der Waals surface area contributed by atoms with E-state index < -0.39 is 5.60 Å². The van der Waals surface area contributed by atoms with E-state index in [1.165, 1.54) is 11.9 Å². The number of nitrogens with one attached hydrogen (secondary N) is 1. The highest BCUT2D eigenvalue weighted by Crippen LogP contribution is 2.08. The topological polar surface area (TPSA) is 64.3 Å². The molecule has 0 radical (unpaired) electrons. The third-order valence-electron chi connectivity index (χ3n) is 1.25. The van der Waals surface area contributed by atoms with Crippen molar-refractivity contribution in [2.45, 2.75) is 39.2 Å². The lowest BCUT2D eigenvalue weighted by molar-refractivity contribution is 0.0574. The Morgan fingerprint density at radius 2 is 2.07 bits per heavy atom. The highest BCUT2D eigenvalue weighted by molar-refractivity contribution is 7.97. The molecular formula is C9H20N2O2S. The van der Waals surface area contributed by atoms with E-state index in [-0.39, 0.29) is 6.09 Å². The summed E-state index contributed by atoms with van der Waals surface area (Å²) >= 11 is 1.36. The molecule has 0 aromatic rings. The lowest BCUT2D eigenvalue weighted by atomic mass is 10.2. The van der Waals surface area contributed by atoms with Gasteiger partial charge in [0.25, 0.3) is 0 Å². The summed E-state index contributed by atoms with van der Waals surface area (Å²) in [5, 5.41) is 0. The Labute approximate surface area is 90.1 Å². The molecular weight excluding hydrogens is 200 g/mol. The molecule has 0 fully saturated rings. The minimum absolute atomic E-state index is 0.379. The number of hydrogen-bond acceptors (Lipinski definition) is 4. The van der Waals surface area contributed by atoms with E-state index in [2.05, 4.69) is 4.72 Å². The van der Waals surface area contributed by atoms with E-state index in [1.807, 2.05) is 20.8 Å². The smallest absolute Gasteiger partial charge is 0.417 e. The fraction of sp³-hybridized carbons (Fsp3) is 0.889. The molecule has 0 aliphatic heterocycles. The summed E-state index contributed by atoms with van der Waals surface area (Å²) in [6.45, 7) is 6.22. The van der Waals surface area contributed by atoms with E-state index in [0.29, 0.717) is 6.54 Å². The highest BCUT2D eigenvalue weighted by Gasteiger charge is 2.15. The van der Waals surface area contributed by atoms with Gasteiger partial charge in [0.15, 0.2) is 0 Å². The predicted molar refractivity (Wildman–Crippen MR) is 60.1 cm³/mol. The van der Waals surface area contributed by atoms with Crippen molar-refractivity contribution in [3.8, 4) is 0 Å². The number of carbonyl (C=O) groups excluding carboxylic acids is 1. The van der Waals surface area contributed by atoms with Gasteiger partial charge in [-0.2, -0.15) is 0 Å². The fourth-order valence-corrected chi connectivity index (χ4v) is 1.34. The van der Waals surface area contributed by atoms with Gasteiger partial charge in [-0.15, -0.1) is 0 Å². The van der Waals surface area contributed by atoms with Gasteiger partial charge in [0.05, 0.1) is 0 Å². The Morgan fingerprint density at radius 3 is 2.57 bits per heavy atom. The van der Waals surface area contributed by atoms with Crippen LogP contribution in [0.5, 0.6) is 0 Å². The molecule has 14 heavy (non-hydrogen) atoms. The summed E-state index contributed by atoms with van der Waals surface area (Å²) < 4.78 is 7.66. The van der Waals surface area contributed by atoms with Crippen LogP contribution in [0.25, 0.3) is 0 Å². The van der Waals surface area contributed by atoms with E-state index >= 15 is 0 Å². The minimum atomic E-state index is -0.429. The van der Waals surface area contributed by atoms with Gasteiger partial charge >= 0.3 is 6.09 Å². The van der Waals surface area contributed by atoms with E-state index in [9.17, 15) is 4.79 Å². The zero-order chi connectivity index (χ0) is 11.0. The number of nitrogens with two attached hydrogens (primary N) is 1. The number of unbranched alkanes of at least 4 members (excludes halogenated alkanes) is 1. The Balaban J connectivity index is 3.36. The maximum Gasteiger partial charge on any atom is 0.417 e. The first-order valence-electron chi connectivity index (χ1n) is 4.76. The van der Waals surface area contributed by atoms with Crippen LogP contribution in [0.2, 0.25) is 0 Å². The van der Waals surface area contributed by atoms with Gasteiger partial charge in [0, 0.05) is 5.75 Å². The Kier molecular flexibility index (Phi) is 6.74. The maximum absolute atomic E-state index is 11.1. The Bertz CT molecular complexity index is 169. The molecule has 5 heteroatoms. The standard InChI is InChI=1S/C9H20N2O2S/c1-9(2,3)13-8(12)11-14-7-5-4-6-10/h4-7,10H2,1-3H3,(H,11,12). The largest absolute Gasteiger partial charge is 0.443 e. The van der Waals surface area contributed by atoms with Crippen molar-refractivity contribution in [1.29, 1.82) is 0 Å². The second-order valence-corrected chi connectivity index (χ2v) is 4.85. The molecule has 0 saturated heterocycles. The number of ether oxygens (including phenoxy) is 1. The lowest BCUT2D eigenvalue weighted by Crippen LogP contribution is -2.29. The Morgan fingerprint density at radius 1 is 1.43 bits per heavy atom. The molecule has 0 aromatic carbocycles. The van der Waals surface area contributed by atoms with Crippen LogP contribution in [0.1, 0.15) is 33.6 Å². The van der Waals surface area contributed by atoms with Crippen molar-refractivity contribution in [3.05, 3.63) is 0 Å². The van der Waals surface area contributed by atoms with Gasteiger partial charge in [0.2, 0.25) is 0 Å². The number of hydrogen-bond donors (Lipinski definition) is 2. The van der Waals surface area contributed by atoms with Gasteiger partial charge in [-0.25, -0.2) is 4.79 Å². The average molecular weight is 220 g/mol. The van der Waals surface area contributed by atoms with Gasteiger partial charge < -0.3 is 10.5 Å². The molecule has 0 spiro atoms. The van der Waals surface area contributed by atoms with E-state index in [4.69, 9.17) is 10.5 Å². The normalized spacial score (nSPS) is 11.1.